The molecule has 3 aliphatic rings. The first-order chi connectivity index (χ1) is 8.89. The van der Waals surface area contributed by atoms with Crippen molar-refractivity contribution in [2.24, 2.45) is 23.5 Å². The molecule has 0 aromatic carbocycles. The molecule has 7 heteroatoms. The molecule has 0 aromatic rings. The summed E-state index contributed by atoms with van der Waals surface area (Å²) in [4.78, 5) is 14.3. The van der Waals surface area contributed by atoms with Crippen LogP contribution >= 0.6 is 12.4 Å². The molecule has 0 aromatic heterocycles. The third-order valence-corrected chi connectivity index (χ3v) is 7.12. The van der Waals surface area contributed by atoms with Gasteiger partial charge < -0.3 is 10.6 Å². The lowest BCUT2D eigenvalue weighted by molar-refractivity contribution is -0.138. The van der Waals surface area contributed by atoms with Gasteiger partial charge >= 0.3 is 0 Å². The van der Waals surface area contributed by atoms with Crippen molar-refractivity contribution in [1.29, 1.82) is 0 Å². The van der Waals surface area contributed by atoms with Crippen LogP contribution in [-0.2, 0) is 14.6 Å². The molecule has 116 valence electrons. The summed E-state index contributed by atoms with van der Waals surface area (Å²) in [6.07, 6.45) is 3.90. The highest BCUT2D eigenvalue weighted by Crippen LogP contribution is 2.48. The lowest BCUT2D eigenvalue weighted by atomic mass is 9.84. The SMILES string of the molecule is CN(C(=O)C1C2CCC(C2)C1N)C1CCS(=O)(=O)C1.Cl. The van der Waals surface area contributed by atoms with Crippen molar-refractivity contribution in [3.63, 3.8) is 0 Å². The van der Waals surface area contributed by atoms with E-state index in [9.17, 15) is 13.2 Å². The zero-order valence-electron chi connectivity index (χ0n) is 11.7. The summed E-state index contributed by atoms with van der Waals surface area (Å²) in [5.74, 6) is 1.24. The van der Waals surface area contributed by atoms with Gasteiger partial charge in [0, 0.05) is 19.1 Å². The molecule has 0 radical (unpaired) electrons. The van der Waals surface area contributed by atoms with E-state index in [0.717, 1.165) is 19.3 Å². The van der Waals surface area contributed by atoms with Crippen LogP contribution in [0.25, 0.3) is 0 Å². The fourth-order valence-corrected chi connectivity index (χ4v) is 5.97. The molecule has 5 nitrogen and oxygen atoms in total. The molecule has 3 rings (SSSR count). The predicted octanol–water partition coefficient (Wildman–Crippen LogP) is 0.427. The topological polar surface area (TPSA) is 80.5 Å². The van der Waals surface area contributed by atoms with E-state index in [4.69, 9.17) is 5.73 Å². The van der Waals surface area contributed by atoms with Crippen molar-refractivity contribution in [3.8, 4) is 0 Å². The highest BCUT2D eigenvalue weighted by atomic mass is 35.5. The standard InChI is InChI=1S/C13H22N2O3S.ClH/c1-15(10-4-5-19(17,18)7-10)13(16)11-8-2-3-9(6-8)12(11)14;/h8-12H,2-7,14H2,1H3;1H. The van der Waals surface area contributed by atoms with Gasteiger partial charge in [0.1, 0.15) is 0 Å². The number of nitrogens with zero attached hydrogens (tertiary/aromatic N) is 1. The molecule has 1 aliphatic heterocycles. The Balaban J connectivity index is 0.00000147. The molecule has 20 heavy (non-hydrogen) atoms. The minimum atomic E-state index is -2.95. The number of carbonyl (C=O) groups excluding carboxylic acids is 1. The first-order valence-electron chi connectivity index (χ1n) is 7.12. The minimum Gasteiger partial charge on any atom is -0.341 e. The predicted molar refractivity (Wildman–Crippen MR) is 79.4 cm³/mol. The Morgan fingerprint density at radius 2 is 1.85 bits per heavy atom. The quantitative estimate of drug-likeness (QED) is 0.799. The number of amides is 1. The normalized spacial score (nSPS) is 41.4. The van der Waals surface area contributed by atoms with Crippen molar-refractivity contribution >= 4 is 28.2 Å². The fraction of sp³-hybridized carbons (Fsp3) is 0.923. The van der Waals surface area contributed by atoms with Crippen LogP contribution in [0.5, 0.6) is 0 Å². The maximum Gasteiger partial charge on any atom is 0.227 e. The van der Waals surface area contributed by atoms with Crippen LogP contribution in [0.15, 0.2) is 0 Å². The van der Waals surface area contributed by atoms with Gasteiger partial charge in [-0.3, -0.25) is 4.79 Å². The Bertz CT molecular complexity index is 494. The van der Waals surface area contributed by atoms with Crippen LogP contribution in [0, 0.1) is 17.8 Å². The van der Waals surface area contributed by atoms with Crippen LogP contribution in [-0.4, -0.2) is 49.9 Å². The van der Waals surface area contributed by atoms with Gasteiger partial charge in [-0.05, 0) is 37.5 Å². The molecular formula is C13H23ClN2O3S. The summed E-state index contributed by atoms with van der Waals surface area (Å²) in [6, 6.07) is -0.171. The summed E-state index contributed by atoms with van der Waals surface area (Å²) in [5, 5.41) is 0. The molecular weight excluding hydrogens is 300 g/mol. The van der Waals surface area contributed by atoms with Crippen molar-refractivity contribution in [1.82, 2.24) is 4.90 Å². The molecule has 3 fully saturated rings. The van der Waals surface area contributed by atoms with Gasteiger partial charge in [0.2, 0.25) is 5.91 Å². The Morgan fingerprint density at radius 3 is 2.35 bits per heavy atom. The summed E-state index contributed by atoms with van der Waals surface area (Å²) < 4.78 is 23.0. The maximum atomic E-state index is 12.6. The molecule has 1 amide bonds. The van der Waals surface area contributed by atoms with Crippen molar-refractivity contribution < 1.29 is 13.2 Å². The van der Waals surface area contributed by atoms with E-state index in [-0.39, 0.29) is 47.8 Å². The molecule has 0 spiro atoms. The first-order valence-corrected chi connectivity index (χ1v) is 8.94. The second-order valence-corrected chi connectivity index (χ2v) is 8.67. The number of carbonyl (C=O) groups is 1. The number of nitrogens with two attached hydrogens (primary N) is 1. The monoisotopic (exact) mass is 322 g/mol. The van der Waals surface area contributed by atoms with Gasteiger partial charge in [0.15, 0.2) is 9.84 Å². The summed E-state index contributed by atoms with van der Waals surface area (Å²) in [7, 11) is -1.20. The van der Waals surface area contributed by atoms with E-state index in [1.54, 1.807) is 11.9 Å². The van der Waals surface area contributed by atoms with Crippen molar-refractivity contribution in [2.75, 3.05) is 18.6 Å². The Kier molecular flexibility index (Phi) is 4.38. The molecule has 1 heterocycles. The highest BCUT2D eigenvalue weighted by Gasteiger charge is 2.50. The van der Waals surface area contributed by atoms with E-state index in [1.165, 1.54) is 0 Å². The average molecular weight is 323 g/mol. The summed E-state index contributed by atoms with van der Waals surface area (Å²) >= 11 is 0. The number of sulfone groups is 1. The smallest absolute Gasteiger partial charge is 0.227 e. The van der Waals surface area contributed by atoms with E-state index >= 15 is 0 Å². The second kappa shape index (κ2) is 5.46. The molecule has 1 saturated heterocycles. The summed E-state index contributed by atoms with van der Waals surface area (Å²) in [5.41, 5.74) is 6.19. The van der Waals surface area contributed by atoms with Gasteiger partial charge in [-0.1, -0.05) is 0 Å². The average Bonchev–Trinajstić information content (AvgIpc) is 3.01. The second-order valence-electron chi connectivity index (χ2n) is 6.44. The van der Waals surface area contributed by atoms with Crippen LogP contribution in [0.1, 0.15) is 25.7 Å². The molecule has 5 unspecified atom stereocenters. The lowest BCUT2D eigenvalue weighted by Gasteiger charge is -2.33. The van der Waals surface area contributed by atoms with Gasteiger partial charge in [0.25, 0.3) is 0 Å². The van der Waals surface area contributed by atoms with E-state index < -0.39 is 9.84 Å². The third-order valence-electron chi connectivity index (χ3n) is 5.37. The maximum absolute atomic E-state index is 12.6. The zero-order valence-corrected chi connectivity index (χ0v) is 13.3. The molecule has 2 N–H and O–H groups in total. The van der Waals surface area contributed by atoms with Crippen LogP contribution in [0.3, 0.4) is 0 Å². The highest BCUT2D eigenvalue weighted by molar-refractivity contribution is 7.91. The van der Waals surface area contributed by atoms with Crippen LogP contribution < -0.4 is 5.73 Å². The fourth-order valence-electron chi connectivity index (χ4n) is 4.20. The van der Waals surface area contributed by atoms with Gasteiger partial charge in [-0.2, -0.15) is 0 Å². The molecule has 2 saturated carbocycles. The van der Waals surface area contributed by atoms with Gasteiger partial charge in [0.05, 0.1) is 17.4 Å². The lowest BCUT2D eigenvalue weighted by Crippen LogP contribution is -2.49. The number of hydrogen-bond acceptors (Lipinski definition) is 4. The Labute approximate surface area is 126 Å². The molecule has 2 bridgehead atoms. The third kappa shape index (κ3) is 2.57. The first kappa shape index (κ1) is 16.0. The number of fused-ring (bicyclic) bond motifs is 2. The van der Waals surface area contributed by atoms with Crippen LogP contribution in [0.2, 0.25) is 0 Å². The van der Waals surface area contributed by atoms with E-state index in [2.05, 4.69) is 0 Å². The van der Waals surface area contributed by atoms with Crippen molar-refractivity contribution in [3.05, 3.63) is 0 Å². The minimum absolute atomic E-state index is 0. The van der Waals surface area contributed by atoms with Crippen molar-refractivity contribution in [2.45, 2.75) is 37.8 Å². The number of halogens is 1. The number of rotatable bonds is 2. The Hall–Kier alpha value is -0.330. The molecule has 5 atom stereocenters. The van der Waals surface area contributed by atoms with Gasteiger partial charge in [-0.15, -0.1) is 12.4 Å². The molecule has 2 aliphatic carbocycles. The van der Waals surface area contributed by atoms with Crippen LogP contribution in [0.4, 0.5) is 0 Å². The zero-order chi connectivity index (χ0) is 13.8. The Morgan fingerprint density at radius 1 is 1.20 bits per heavy atom. The van der Waals surface area contributed by atoms with E-state index in [1.807, 2.05) is 0 Å². The number of hydrogen-bond donors (Lipinski definition) is 1. The largest absolute Gasteiger partial charge is 0.341 e. The summed E-state index contributed by atoms with van der Waals surface area (Å²) in [6.45, 7) is 0. The van der Waals surface area contributed by atoms with E-state index in [0.29, 0.717) is 18.3 Å². The van der Waals surface area contributed by atoms with Gasteiger partial charge in [-0.25, -0.2) is 8.42 Å².